The van der Waals surface area contributed by atoms with Crippen LogP contribution in [0.1, 0.15) is 16.8 Å². The van der Waals surface area contributed by atoms with E-state index in [0.29, 0.717) is 17.8 Å². The van der Waals surface area contributed by atoms with Gasteiger partial charge in [-0.15, -0.1) is 0 Å². The number of aryl methyl sites for hydroxylation is 1. The highest BCUT2D eigenvalue weighted by Gasteiger charge is 2.34. The van der Waals surface area contributed by atoms with Crippen molar-refractivity contribution >= 4 is 0 Å². The van der Waals surface area contributed by atoms with Gasteiger partial charge in [-0.3, -0.25) is 0 Å². The lowest BCUT2D eigenvalue weighted by Crippen LogP contribution is -2.08. The molecule has 2 rings (SSSR count). The summed E-state index contributed by atoms with van der Waals surface area (Å²) in [6.45, 7) is 1.95. The van der Waals surface area contributed by atoms with Gasteiger partial charge in [-0.2, -0.15) is 13.2 Å². The van der Waals surface area contributed by atoms with Crippen LogP contribution >= 0.6 is 0 Å². The Morgan fingerprint density at radius 3 is 2.52 bits per heavy atom. The summed E-state index contributed by atoms with van der Waals surface area (Å²) in [6, 6.07) is 5.66. The van der Waals surface area contributed by atoms with Crippen molar-refractivity contribution in [1.82, 2.24) is 4.98 Å². The van der Waals surface area contributed by atoms with E-state index in [-0.39, 0.29) is 18.2 Å². The molecule has 21 heavy (non-hydrogen) atoms. The molecular formula is C14H12F4N2O. The molecule has 0 unspecified atom stereocenters. The van der Waals surface area contributed by atoms with Crippen LogP contribution in [0.3, 0.4) is 0 Å². The Bertz CT molecular complexity index is 656. The number of aromatic nitrogens is 1. The van der Waals surface area contributed by atoms with Gasteiger partial charge in [0.15, 0.2) is 0 Å². The predicted molar refractivity (Wildman–Crippen MR) is 68.3 cm³/mol. The quantitative estimate of drug-likeness (QED) is 0.877. The Morgan fingerprint density at radius 2 is 1.90 bits per heavy atom. The van der Waals surface area contributed by atoms with Gasteiger partial charge in [-0.25, -0.2) is 9.37 Å². The molecule has 0 spiro atoms. The van der Waals surface area contributed by atoms with Gasteiger partial charge in [0.1, 0.15) is 11.6 Å². The van der Waals surface area contributed by atoms with Gasteiger partial charge in [0.05, 0.1) is 5.56 Å². The van der Waals surface area contributed by atoms with Gasteiger partial charge in [0.2, 0.25) is 5.88 Å². The van der Waals surface area contributed by atoms with E-state index in [4.69, 9.17) is 10.5 Å². The van der Waals surface area contributed by atoms with Crippen LogP contribution in [0, 0.1) is 12.7 Å². The van der Waals surface area contributed by atoms with Crippen molar-refractivity contribution in [3.8, 4) is 11.6 Å². The second-order valence-corrected chi connectivity index (χ2v) is 4.40. The van der Waals surface area contributed by atoms with E-state index in [9.17, 15) is 17.6 Å². The zero-order chi connectivity index (χ0) is 15.6. The summed E-state index contributed by atoms with van der Waals surface area (Å²) in [7, 11) is 0. The lowest BCUT2D eigenvalue weighted by molar-refractivity contribution is -0.140. The lowest BCUT2D eigenvalue weighted by atomic mass is 10.2. The van der Waals surface area contributed by atoms with Crippen LogP contribution in [0.5, 0.6) is 11.6 Å². The monoisotopic (exact) mass is 300 g/mol. The normalized spacial score (nSPS) is 11.5. The number of hydrogen-bond acceptors (Lipinski definition) is 3. The second-order valence-electron chi connectivity index (χ2n) is 4.40. The molecule has 1 heterocycles. The molecule has 112 valence electrons. The number of hydrogen-bond donors (Lipinski definition) is 1. The molecule has 1 aromatic carbocycles. The van der Waals surface area contributed by atoms with Crippen molar-refractivity contribution in [2.75, 3.05) is 0 Å². The standard InChI is InChI=1S/C14H12F4N2O/c1-8-4-9(7-19)5-13(20-8)21-10-2-3-12(15)11(6-10)14(16,17)18/h2-6H,7,19H2,1H3. The Morgan fingerprint density at radius 1 is 1.19 bits per heavy atom. The van der Waals surface area contributed by atoms with Crippen molar-refractivity contribution in [2.45, 2.75) is 19.6 Å². The van der Waals surface area contributed by atoms with Crippen LogP contribution < -0.4 is 10.5 Å². The first-order valence-corrected chi connectivity index (χ1v) is 6.02. The second kappa shape index (κ2) is 5.69. The number of rotatable bonds is 3. The van der Waals surface area contributed by atoms with E-state index in [0.717, 1.165) is 11.6 Å². The number of ether oxygens (including phenoxy) is 1. The van der Waals surface area contributed by atoms with E-state index < -0.39 is 17.6 Å². The SMILES string of the molecule is Cc1cc(CN)cc(Oc2ccc(F)c(C(F)(F)F)c2)n1. The van der Waals surface area contributed by atoms with Crippen molar-refractivity contribution in [3.05, 3.63) is 53.0 Å². The molecular weight excluding hydrogens is 288 g/mol. The number of pyridine rings is 1. The topological polar surface area (TPSA) is 48.1 Å². The molecule has 7 heteroatoms. The maximum absolute atomic E-state index is 13.2. The Hall–Kier alpha value is -2.15. The van der Waals surface area contributed by atoms with Crippen molar-refractivity contribution in [3.63, 3.8) is 0 Å². The van der Waals surface area contributed by atoms with Crippen LogP contribution in [0.2, 0.25) is 0 Å². The molecule has 0 radical (unpaired) electrons. The number of alkyl halides is 3. The third kappa shape index (κ3) is 3.69. The van der Waals surface area contributed by atoms with E-state index in [1.54, 1.807) is 13.0 Å². The largest absolute Gasteiger partial charge is 0.439 e. The summed E-state index contributed by atoms with van der Waals surface area (Å²) in [5, 5.41) is 0. The highest BCUT2D eigenvalue weighted by Crippen LogP contribution is 2.34. The number of nitrogens with zero attached hydrogens (tertiary/aromatic N) is 1. The lowest BCUT2D eigenvalue weighted by Gasteiger charge is -2.11. The molecule has 0 aliphatic rings. The van der Waals surface area contributed by atoms with Gasteiger partial charge < -0.3 is 10.5 Å². The predicted octanol–water partition coefficient (Wildman–Crippen LogP) is 3.80. The summed E-state index contributed by atoms with van der Waals surface area (Å²) >= 11 is 0. The third-order valence-electron chi connectivity index (χ3n) is 2.69. The van der Waals surface area contributed by atoms with Crippen LogP contribution in [0.25, 0.3) is 0 Å². The summed E-state index contributed by atoms with van der Waals surface area (Å²) < 4.78 is 56.3. The molecule has 0 atom stereocenters. The van der Waals surface area contributed by atoms with Gasteiger partial charge in [-0.05, 0) is 36.8 Å². The van der Waals surface area contributed by atoms with Crippen LogP contribution in [-0.4, -0.2) is 4.98 Å². The molecule has 1 aromatic heterocycles. The zero-order valence-electron chi connectivity index (χ0n) is 11.0. The molecule has 0 bridgehead atoms. The minimum atomic E-state index is -4.79. The van der Waals surface area contributed by atoms with Crippen molar-refractivity contribution in [1.29, 1.82) is 0 Å². The van der Waals surface area contributed by atoms with E-state index >= 15 is 0 Å². The minimum absolute atomic E-state index is 0.107. The number of nitrogens with two attached hydrogens (primary N) is 1. The van der Waals surface area contributed by atoms with Gasteiger partial charge in [0, 0.05) is 18.3 Å². The first-order valence-electron chi connectivity index (χ1n) is 6.02. The fraction of sp³-hybridized carbons (Fsp3) is 0.214. The van der Waals surface area contributed by atoms with E-state index in [1.165, 1.54) is 6.07 Å². The molecule has 0 saturated carbocycles. The molecule has 2 aromatic rings. The molecule has 3 nitrogen and oxygen atoms in total. The maximum Gasteiger partial charge on any atom is 0.419 e. The average molecular weight is 300 g/mol. The maximum atomic E-state index is 13.2. The molecule has 0 saturated heterocycles. The molecule has 0 aliphatic carbocycles. The van der Waals surface area contributed by atoms with Crippen LogP contribution in [0.4, 0.5) is 17.6 Å². The zero-order valence-corrected chi connectivity index (χ0v) is 11.0. The highest BCUT2D eigenvalue weighted by atomic mass is 19.4. The first kappa shape index (κ1) is 15.2. The fourth-order valence-corrected chi connectivity index (χ4v) is 1.78. The number of benzene rings is 1. The van der Waals surface area contributed by atoms with E-state index in [1.807, 2.05) is 0 Å². The Kier molecular flexibility index (Phi) is 4.13. The third-order valence-corrected chi connectivity index (χ3v) is 2.69. The van der Waals surface area contributed by atoms with Gasteiger partial charge in [-0.1, -0.05) is 0 Å². The van der Waals surface area contributed by atoms with Crippen molar-refractivity contribution in [2.24, 2.45) is 5.73 Å². The molecule has 0 amide bonds. The van der Waals surface area contributed by atoms with Gasteiger partial charge >= 0.3 is 6.18 Å². The molecule has 0 aliphatic heterocycles. The highest BCUT2D eigenvalue weighted by molar-refractivity contribution is 5.35. The summed E-state index contributed by atoms with van der Waals surface area (Å²) in [5.74, 6) is -1.39. The first-order chi connectivity index (χ1) is 9.79. The number of halogens is 4. The summed E-state index contributed by atoms with van der Waals surface area (Å²) in [6.07, 6.45) is -4.79. The molecule has 2 N–H and O–H groups in total. The Labute approximate surface area is 118 Å². The van der Waals surface area contributed by atoms with Gasteiger partial charge in [0.25, 0.3) is 0 Å². The van der Waals surface area contributed by atoms with Crippen molar-refractivity contribution < 1.29 is 22.3 Å². The van der Waals surface area contributed by atoms with E-state index in [2.05, 4.69) is 4.98 Å². The summed E-state index contributed by atoms with van der Waals surface area (Å²) in [5.41, 5.74) is 5.47. The Balaban J connectivity index is 2.34. The molecule has 0 fully saturated rings. The van der Waals surface area contributed by atoms with Crippen LogP contribution in [-0.2, 0) is 12.7 Å². The minimum Gasteiger partial charge on any atom is -0.439 e. The average Bonchev–Trinajstić information content (AvgIpc) is 2.39. The van der Waals surface area contributed by atoms with Crippen LogP contribution in [0.15, 0.2) is 30.3 Å². The fourth-order valence-electron chi connectivity index (χ4n) is 1.78. The summed E-state index contributed by atoms with van der Waals surface area (Å²) in [4.78, 5) is 4.04. The smallest absolute Gasteiger partial charge is 0.419 e.